The maximum atomic E-state index is 14.3. The quantitative estimate of drug-likeness (QED) is 0.223. The van der Waals surface area contributed by atoms with E-state index in [0.29, 0.717) is 54.8 Å². The second-order valence-electron chi connectivity index (χ2n) is 18.6. The van der Waals surface area contributed by atoms with Crippen LogP contribution in [-0.4, -0.2) is 129 Å². The van der Waals surface area contributed by atoms with Gasteiger partial charge in [0.1, 0.15) is 48.5 Å². The Hall–Kier alpha value is -0.810. The summed E-state index contributed by atoms with van der Waals surface area (Å²) in [5, 5.41) is 62.9. The van der Waals surface area contributed by atoms with Crippen molar-refractivity contribution < 1.29 is 63.9 Å². The van der Waals surface area contributed by atoms with Gasteiger partial charge in [-0.25, -0.2) is 0 Å². The molecule has 4 saturated carbocycles. The summed E-state index contributed by atoms with van der Waals surface area (Å²) in [4.78, 5) is 14.3. The molecule has 4 saturated heterocycles. The van der Waals surface area contributed by atoms with Crippen LogP contribution in [0.4, 0.5) is 0 Å². The molecule has 13 nitrogen and oxygen atoms in total. The maximum absolute atomic E-state index is 14.3. The normalized spacial score (nSPS) is 59.1. The van der Waals surface area contributed by atoms with Crippen molar-refractivity contribution in [3.05, 3.63) is 0 Å². The van der Waals surface area contributed by atoms with Crippen LogP contribution >= 0.6 is 0 Å². The van der Waals surface area contributed by atoms with E-state index in [1.165, 1.54) is 6.92 Å². The van der Waals surface area contributed by atoms with E-state index in [4.69, 9.17) is 28.4 Å². The number of carbonyl (C=O) groups excluding carboxylic acids is 1. The molecule has 0 aromatic rings. The van der Waals surface area contributed by atoms with Crippen molar-refractivity contribution in [2.45, 2.75) is 172 Å². The molecule has 1 spiro atoms. The average Bonchev–Trinajstić information content (AvgIpc) is 3.56. The minimum atomic E-state index is -1.65. The molecular weight excluding hydrogens is 676 g/mol. The van der Waals surface area contributed by atoms with Crippen LogP contribution < -0.4 is 0 Å². The first-order valence-corrected chi connectivity index (χ1v) is 20.1. The van der Waals surface area contributed by atoms with Crippen LogP contribution in [0, 0.1) is 52.3 Å². The highest BCUT2D eigenvalue weighted by Crippen LogP contribution is 2.71. The van der Waals surface area contributed by atoms with Crippen molar-refractivity contribution >= 4 is 5.78 Å². The van der Waals surface area contributed by atoms with Gasteiger partial charge in [0, 0.05) is 24.7 Å². The summed E-state index contributed by atoms with van der Waals surface area (Å²) < 4.78 is 37.4. The molecule has 22 atom stereocenters. The van der Waals surface area contributed by atoms with Gasteiger partial charge in [-0.15, -0.1) is 0 Å². The molecule has 0 amide bonds. The van der Waals surface area contributed by atoms with Crippen molar-refractivity contribution in [2.24, 2.45) is 52.3 Å². The fourth-order valence-electron chi connectivity index (χ4n) is 12.9. The summed E-state index contributed by atoms with van der Waals surface area (Å²) >= 11 is 0. The SMILES string of the molecule is C[C@@H]1CC[C@@]2(OC1)O[C@H]1C[C@H]3[C@@H]4CC(=O)[C@H]5C[C@@H](O[C@@H]6O[C@H](CO)[C@@H](O)[C@H](O)[C@H]6O[C@H]6O[C@@H](C)[C@H](O)[C@@H](O)[C@H]6O)CC[C@]5(C)[C@H]4CC[C@]3(C)[C@H]1[C@@H]2C. The predicted octanol–water partition coefficient (Wildman–Crippen LogP) is 1.65. The van der Waals surface area contributed by atoms with E-state index in [1.807, 2.05) is 0 Å². The van der Waals surface area contributed by atoms with Crippen molar-refractivity contribution in [1.29, 1.82) is 0 Å². The van der Waals surface area contributed by atoms with E-state index in [-0.39, 0.29) is 28.6 Å². The zero-order valence-electron chi connectivity index (χ0n) is 31.3. The Balaban J connectivity index is 0.963. The molecule has 8 aliphatic rings. The summed E-state index contributed by atoms with van der Waals surface area (Å²) in [6, 6.07) is 0. The number of Topliss-reactive ketones (excluding diaryl/α,β-unsaturated/α-hetero) is 1. The van der Waals surface area contributed by atoms with E-state index in [1.54, 1.807) is 0 Å². The monoisotopic (exact) mass is 738 g/mol. The number of aliphatic hydroxyl groups excluding tert-OH is 6. The minimum Gasteiger partial charge on any atom is -0.394 e. The summed E-state index contributed by atoms with van der Waals surface area (Å²) in [5.41, 5.74) is -0.0798. The van der Waals surface area contributed by atoms with Gasteiger partial charge >= 0.3 is 0 Å². The average molecular weight is 739 g/mol. The van der Waals surface area contributed by atoms with Crippen LogP contribution in [0.5, 0.6) is 0 Å². The molecule has 0 aromatic carbocycles. The van der Waals surface area contributed by atoms with Gasteiger partial charge in [-0.1, -0.05) is 27.7 Å². The number of carbonyl (C=O) groups is 1. The second-order valence-corrected chi connectivity index (χ2v) is 18.6. The van der Waals surface area contributed by atoms with E-state index >= 15 is 0 Å². The number of ether oxygens (including phenoxy) is 6. The van der Waals surface area contributed by atoms with Crippen LogP contribution in [0.3, 0.4) is 0 Å². The topological polar surface area (TPSA) is 194 Å². The van der Waals surface area contributed by atoms with Crippen molar-refractivity contribution in [3.63, 3.8) is 0 Å². The zero-order valence-corrected chi connectivity index (χ0v) is 31.3. The molecule has 13 heteroatoms. The number of hydrogen-bond acceptors (Lipinski definition) is 13. The van der Waals surface area contributed by atoms with Gasteiger partial charge in [-0.2, -0.15) is 0 Å². The Labute approximate surface area is 306 Å². The van der Waals surface area contributed by atoms with Gasteiger partial charge in [0.05, 0.1) is 31.5 Å². The number of ketones is 1. The van der Waals surface area contributed by atoms with Crippen molar-refractivity contribution in [3.8, 4) is 0 Å². The third-order valence-corrected chi connectivity index (χ3v) is 15.9. The van der Waals surface area contributed by atoms with Crippen molar-refractivity contribution in [1.82, 2.24) is 0 Å². The lowest BCUT2D eigenvalue weighted by Crippen LogP contribution is -2.64. The van der Waals surface area contributed by atoms with Gasteiger partial charge in [-0.05, 0) is 92.3 Å². The van der Waals surface area contributed by atoms with Crippen LogP contribution in [0.15, 0.2) is 0 Å². The molecule has 6 N–H and O–H groups in total. The number of rotatable bonds is 5. The Kier molecular flexibility index (Phi) is 10.0. The lowest BCUT2D eigenvalue weighted by atomic mass is 9.44. The maximum Gasteiger partial charge on any atom is 0.187 e. The highest BCUT2D eigenvalue weighted by molar-refractivity contribution is 5.83. The van der Waals surface area contributed by atoms with E-state index in [0.717, 1.165) is 45.1 Å². The third kappa shape index (κ3) is 5.81. The Morgan fingerprint density at radius 2 is 1.54 bits per heavy atom. The fourth-order valence-corrected chi connectivity index (χ4v) is 12.9. The molecule has 4 heterocycles. The fraction of sp³-hybridized carbons (Fsp3) is 0.974. The summed E-state index contributed by atoms with van der Waals surface area (Å²) in [6.45, 7) is 11.1. The third-order valence-electron chi connectivity index (χ3n) is 15.9. The summed E-state index contributed by atoms with van der Waals surface area (Å²) in [6.07, 6.45) is -6.35. The summed E-state index contributed by atoms with van der Waals surface area (Å²) in [5.74, 6) is 2.06. The van der Waals surface area contributed by atoms with Crippen LogP contribution in [0.2, 0.25) is 0 Å². The van der Waals surface area contributed by atoms with Crippen LogP contribution in [0.1, 0.15) is 92.4 Å². The molecule has 4 aliphatic carbocycles. The van der Waals surface area contributed by atoms with Crippen LogP contribution in [-0.2, 0) is 33.2 Å². The van der Waals surface area contributed by atoms with Crippen LogP contribution in [0.25, 0.3) is 0 Å². The molecule has 8 rings (SSSR count). The molecule has 8 fully saturated rings. The van der Waals surface area contributed by atoms with Gasteiger partial charge in [0.15, 0.2) is 18.4 Å². The largest absolute Gasteiger partial charge is 0.394 e. The Morgan fingerprint density at radius 1 is 0.788 bits per heavy atom. The van der Waals surface area contributed by atoms with E-state index in [9.17, 15) is 35.4 Å². The van der Waals surface area contributed by atoms with E-state index < -0.39 is 79.9 Å². The molecule has 0 radical (unpaired) electrons. The second kappa shape index (κ2) is 13.7. The number of hydrogen-bond donors (Lipinski definition) is 6. The molecular formula is C39H62O13. The first-order valence-electron chi connectivity index (χ1n) is 20.1. The molecule has 0 unspecified atom stereocenters. The van der Waals surface area contributed by atoms with Gasteiger partial charge in [0.25, 0.3) is 0 Å². The molecule has 296 valence electrons. The zero-order chi connectivity index (χ0) is 37.1. The minimum absolute atomic E-state index is 0.106. The van der Waals surface area contributed by atoms with Gasteiger partial charge < -0.3 is 59.1 Å². The Morgan fingerprint density at radius 3 is 2.25 bits per heavy atom. The highest BCUT2D eigenvalue weighted by Gasteiger charge is 2.70. The smallest absolute Gasteiger partial charge is 0.187 e. The van der Waals surface area contributed by atoms with Gasteiger partial charge in [-0.3, -0.25) is 4.79 Å². The molecule has 52 heavy (non-hydrogen) atoms. The Bertz CT molecular complexity index is 1320. The lowest BCUT2D eigenvalue weighted by molar-refractivity contribution is -0.370. The van der Waals surface area contributed by atoms with Crippen molar-refractivity contribution in [2.75, 3.05) is 13.2 Å². The summed E-state index contributed by atoms with van der Waals surface area (Å²) in [7, 11) is 0. The number of fused-ring (bicyclic) bond motifs is 7. The first-order chi connectivity index (χ1) is 24.6. The highest BCUT2D eigenvalue weighted by atomic mass is 16.8. The predicted molar refractivity (Wildman–Crippen MR) is 182 cm³/mol. The van der Waals surface area contributed by atoms with Gasteiger partial charge in [0.2, 0.25) is 0 Å². The van der Waals surface area contributed by atoms with E-state index in [2.05, 4.69) is 27.7 Å². The molecule has 4 aliphatic heterocycles. The molecule has 0 aromatic heterocycles. The molecule has 0 bridgehead atoms. The standard InChI is InChI=1S/C39H62O13/c1-17-6-11-39(47-16-17)18(2)28-26(52-39)14-23-21-13-25(41)24-12-20(7-9-37(24,4)22(21)8-10-38(23,28)5)49-36-34(32(45)30(43)27(15-40)50-36)51-35-33(46)31(44)29(42)19(3)48-35/h17-24,26-36,40,42-46H,6-16H2,1-5H3/t17-,18+,19+,20+,21-,22+,23+,24-,26+,27-,28+,29+,30-,31-,32+,33-,34-,35-,36-,37-,38+,39-/m1/s1. The lowest BCUT2D eigenvalue weighted by Gasteiger charge is -2.60. The number of aliphatic hydroxyl groups is 6. The first kappa shape index (κ1) is 38.1.